The number of rotatable bonds is 4. The number of hydrogen-bond acceptors (Lipinski definition) is 3. The van der Waals surface area contributed by atoms with Gasteiger partial charge in [0.15, 0.2) is 0 Å². The minimum atomic E-state index is -4.34. The monoisotopic (exact) mass is 356 g/mol. The molecule has 0 heterocycles. The molecule has 0 bridgehead atoms. The van der Waals surface area contributed by atoms with Crippen LogP contribution in [0.3, 0.4) is 0 Å². The van der Waals surface area contributed by atoms with Crippen molar-refractivity contribution in [3.8, 4) is 5.75 Å². The van der Waals surface area contributed by atoms with Crippen LogP contribution in [0.25, 0.3) is 0 Å². The van der Waals surface area contributed by atoms with Gasteiger partial charge >= 0.3 is 0 Å². The molecule has 0 saturated carbocycles. The summed E-state index contributed by atoms with van der Waals surface area (Å²) in [6, 6.07) is 13.6. The van der Waals surface area contributed by atoms with Crippen LogP contribution in [0, 0.1) is 0 Å². The largest absolute Gasteiger partial charge is 0.496 e. The molecule has 106 valence electrons. The summed E-state index contributed by atoms with van der Waals surface area (Å²) in [7, 11) is -2.88. The molecule has 1 unspecified atom stereocenters. The van der Waals surface area contributed by atoms with E-state index in [4.69, 9.17) is 4.74 Å². The molecule has 2 aromatic carbocycles. The zero-order valence-corrected chi connectivity index (χ0v) is 13.1. The van der Waals surface area contributed by atoms with Crippen molar-refractivity contribution in [1.82, 2.24) is 0 Å². The fraction of sp³-hybridized carbons (Fsp3) is 0.143. The summed E-state index contributed by atoms with van der Waals surface area (Å²) in [5.74, 6) is 0.408. The molecule has 0 amide bonds. The highest BCUT2D eigenvalue weighted by atomic mass is 79.9. The van der Waals surface area contributed by atoms with Crippen molar-refractivity contribution in [1.29, 1.82) is 0 Å². The van der Waals surface area contributed by atoms with Crippen LogP contribution in [-0.2, 0) is 10.1 Å². The molecule has 20 heavy (non-hydrogen) atoms. The predicted molar refractivity (Wildman–Crippen MR) is 80.5 cm³/mol. The summed E-state index contributed by atoms with van der Waals surface area (Å²) in [6.45, 7) is 0. The lowest BCUT2D eigenvalue weighted by Gasteiger charge is -2.18. The lowest BCUT2D eigenvalue weighted by molar-refractivity contribution is 0.407. The normalized spacial score (nSPS) is 12.9. The Morgan fingerprint density at radius 3 is 2.15 bits per heavy atom. The second-order valence-corrected chi connectivity index (χ2v) is 6.51. The fourth-order valence-corrected chi connectivity index (χ4v) is 3.77. The van der Waals surface area contributed by atoms with E-state index >= 15 is 0 Å². The van der Waals surface area contributed by atoms with Crippen LogP contribution in [-0.4, -0.2) is 20.1 Å². The Morgan fingerprint density at radius 2 is 1.60 bits per heavy atom. The number of halogens is 1. The van der Waals surface area contributed by atoms with E-state index in [-0.39, 0.29) is 0 Å². The van der Waals surface area contributed by atoms with Gasteiger partial charge in [-0.25, -0.2) is 0 Å². The summed E-state index contributed by atoms with van der Waals surface area (Å²) in [4.78, 5) is 0. The summed E-state index contributed by atoms with van der Waals surface area (Å²) in [6.07, 6.45) is 0. The third-order valence-corrected chi connectivity index (χ3v) is 4.73. The average molecular weight is 357 g/mol. The zero-order chi connectivity index (χ0) is 14.8. The molecule has 0 radical (unpaired) electrons. The fourth-order valence-electron chi connectivity index (χ4n) is 2.06. The molecule has 1 N–H and O–H groups in total. The highest BCUT2D eigenvalue weighted by Crippen LogP contribution is 2.38. The Bertz CT molecular complexity index is 713. The molecule has 0 spiro atoms. The molecule has 1 atom stereocenters. The third-order valence-electron chi connectivity index (χ3n) is 2.91. The topological polar surface area (TPSA) is 63.6 Å². The Hall–Kier alpha value is -1.37. The van der Waals surface area contributed by atoms with Gasteiger partial charge in [-0.05, 0) is 17.7 Å². The minimum absolute atomic E-state index is 0.393. The number of ether oxygens (including phenoxy) is 1. The van der Waals surface area contributed by atoms with Gasteiger partial charge < -0.3 is 4.74 Å². The molecule has 0 aromatic heterocycles. The maximum atomic E-state index is 11.8. The van der Waals surface area contributed by atoms with Crippen molar-refractivity contribution in [2.45, 2.75) is 5.25 Å². The smallest absolute Gasteiger partial charge is 0.276 e. The average Bonchev–Trinajstić information content (AvgIpc) is 2.40. The standard InChI is InChI=1S/C14H13BrO4S/c1-19-13-9-5-3-7-11(13)14(20(16,17)18)10-6-2-4-8-12(10)15/h2-9,14H,1H3,(H,16,17,18). The van der Waals surface area contributed by atoms with Crippen molar-refractivity contribution in [2.75, 3.05) is 7.11 Å². The van der Waals surface area contributed by atoms with Crippen LogP contribution in [0.2, 0.25) is 0 Å². The van der Waals surface area contributed by atoms with Crippen molar-refractivity contribution in [3.05, 3.63) is 64.1 Å². The molecule has 0 fully saturated rings. The highest BCUT2D eigenvalue weighted by Gasteiger charge is 2.31. The summed E-state index contributed by atoms with van der Waals surface area (Å²) < 4.78 is 39.1. The van der Waals surface area contributed by atoms with Crippen LogP contribution >= 0.6 is 15.9 Å². The molecule has 0 aliphatic carbocycles. The Labute approximate surface area is 126 Å². The molecule has 0 aliphatic heterocycles. The first-order valence-corrected chi connectivity index (χ1v) is 8.08. The lowest BCUT2D eigenvalue weighted by atomic mass is 10.0. The van der Waals surface area contributed by atoms with Gasteiger partial charge in [-0.2, -0.15) is 8.42 Å². The Morgan fingerprint density at radius 1 is 1.05 bits per heavy atom. The highest BCUT2D eigenvalue weighted by molar-refractivity contribution is 9.10. The van der Waals surface area contributed by atoms with Gasteiger partial charge in [-0.3, -0.25) is 4.55 Å². The SMILES string of the molecule is COc1ccccc1C(c1ccccc1Br)S(=O)(=O)O. The van der Waals surface area contributed by atoms with Gasteiger partial charge in [0.1, 0.15) is 11.0 Å². The van der Waals surface area contributed by atoms with E-state index in [1.165, 1.54) is 7.11 Å². The molecule has 6 heteroatoms. The van der Waals surface area contributed by atoms with E-state index in [2.05, 4.69) is 15.9 Å². The van der Waals surface area contributed by atoms with Gasteiger partial charge in [0.2, 0.25) is 0 Å². The number of benzene rings is 2. The van der Waals surface area contributed by atoms with E-state index in [9.17, 15) is 13.0 Å². The van der Waals surface area contributed by atoms with Crippen molar-refractivity contribution >= 4 is 26.0 Å². The predicted octanol–water partition coefficient (Wildman–Crippen LogP) is 3.43. The maximum absolute atomic E-state index is 11.8. The molecule has 4 nitrogen and oxygen atoms in total. The van der Waals surface area contributed by atoms with Crippen molar-refractivity contribution in [3.63, 3.8) is 0 Å². The summed E-state index contributed by atoms with van der Waals surface area (Å²) >= 11 is 3.32. The van der Waals surface area contributed by atoms with E-state index in [0.29, 0.717) is 21.3 Å². The number of para-hydroxylation sites is 1. The summed E-state index contributed by atoms with van der Waals surface area (Å²) in [5.41, 5.74) is 0.851. The van der Waals surface area contributed by atoms with Gasteiger partial charge in [-0.1, -0.05) is 52.3 Å². The first kappa shape index (κ1) is 15.0. The first-order valence-electron chi connectivity index (χ1n) is 5.79. The van der Waals surface area contributed by atoms with Crippen LogP contribution in [0.15, 0.2) is 53.0 Å². The maximum Gasteiger partial charge on any atom is 0.276 e. The summed E-state index contributed by atoms with van der Waals surface area (Å²) in [5, 5.41) is -1.20. The molecule has 0 aliphatic rings. The number of hydrogen-bond donors (Lipinski definition) is 1. The third kappa shape index (κ3) is 3.03. The van der Waals surface area contributed by atoms with Crippen molar-refractivity contribution in [2.24, 2.45) is 0 Å². The Balaban J connectivity index is 2.70. The second kappa shape index (κ2) is 5.95. The molecular weight excluding hydrogens is 344 g/mol. The van der Waals surface area contributed by atoms with Gasteiger partial charge in [0.25, 0.3) is 10.1 Å². The number of methoxy groups -OCH3 is 1. The van der Waals surface area contributed by atoms with Crippen LogP contribution in [0.5, 0.6) is 5.75 Å². The Kier molecular flexibility index (Phi) is 4.47. The lowest BCUT2D eigenvalue weighted by Crippen LogP contribution is -2.15. The van der Waals surface area contributed by atoms with E-state index in [0.717, 1.165) is 0 Å². The molecule has 2 rings (SSSR count). The van der Waals surface area contributed by atoms with E-state index in [1.54, 1.807) is 48.5 Å². The minimum Gasteiger partial charge on any atom is -0.496 e. The molecule has 0 saturated heterocycles. The van der Waals surface area contributed by atoms with Gasteiger partial charge in [0, 0.05) is 10.0 Å². The zero-order valence-electron chi connectivity index (χ0n) is 10.7. The van der Waals surface area contributed by atoms with E-state index in [1.807, 2.05) is 0 Å². The first-order chi connectivity index (χ1) is 9.45. The van der Waals surface area contributed by atoms with Crippen molar-refractivity contribution < 1.29 is 17.7 Å². The second-order valence-electron chi connectivity index (χ2n) is 4.16. The van der Waals surface area contributed by atoms with Crippen LogP contribution < -0.4 is 4.74 Å². The molecular formula is C14H13BrO4S. The van der Waals surface area contributed by atoms with E-state index < -0.39 is 15.4 Å². The van der Waals surface area contributed by atoms with Gasteiger partial charge in [0.05, 0.1) is 7.11 Å². The quantitative estimate of drug-likeness (QED) is 0.852. The van der Waals surface area contributed by atoms with Gasteiger partial charge in [-0.15, -0.1) is 0 Å². The van der Waals surface area contributed by atoms with Crippen LogP contribution in [0.1, 0.15) is 16.4 Å². The molecule has 2 aromatic rings. The van der Waals surface area contributed by atoms with Crippen LogP contribution in [0.4, 0.5) is 0 Å².